The van der Waals surface area contributed by atoms with Gasteiger partial charge in [-0.05, 0) is 59.7 Å². The average molecular weight is 340 g/mol. The van der Waals surface area contributed by atoms with Crippen molar-refractivity contribution in [1.82, 2.24) is 4.57 Å². The fraction of sp³-hybridized carbons (Fsp3) is 0. The van der Waals surface area contributed by atoms with Gasteiger partial charge in [0.25, 0.3) is 5.91 Å². The van der Waals surface area contributed by atoms with Crippen molar-refractivity contribution in [1.29, 1.82) is 0 Å². The smallest absolute Gasteiger partial charge is 0.262 e. The Hall–Kier alpha value is -3.66. The third-order valence-electron chi connectivity index (χ3n) is 4.39. The van der Waals surface area contributed by atoms with Gasteiger partial charge in [-0.15, -0.1) is 0 Å². The zero-order valence-electron chi connectivity index (χ0n) is 13.9. The van der Waals surface area contributed by atoms with Gasteiger partial charge in [-0.1, -0.05) is 36.4 Å². The van der Waals surface area contributed by atoms with E-state index in [2.05, 4.69) is 0 Å². The molecule has 1 amide bonds. The molecule has 4 heteroatoms. The fourth-order valence-corrected chi connectivity index (χ4v) is 2.95. The van der Waals surface area contributed by atoms with Crippen molar-refractivity contribution >= 4 is 35.0 Å². The molecule has 0 fully saturated rings. The molecular formula is C22H16N2O2. The lowest BCUT2D eigenvalue weighted by molar-refractivity contribution is 0.0967. The molecule has 0 radical (unpaired) electrons. The normalized spacial score (nSPS) is 11.4. The molecule has 2 heterocycles. The minimum Gasteiger partial charge on any atom is -0.366 e. The lowest BCUT2D eigenvalue weighted by Crippen LogP contribution is -2.10. The maximum atomic E-state index is 12.6. The maximum absolute atomic E-state index is 12.6. The highest BCUT2D eigenvalue weighted by Gasteiger charge is 2.13. The monoisotopic (exact) mass is 340 g/mol. The zero-order chi connectivity index (χ0) is 18.1. The zero-order valence-corrected chi connectivity index (χ0v) is 13.9. The summed E-state index contributed by atoms with van der Waals surface area (Å²) in [5, 5.41) is 0. The lowest BCUT2D eigenvalue weighted by atomic mass is 10.1. The second-order valence-corrected chi connectivity index (χ2v) is 6.10. The van der Waals surface area contributed by atoms with Crippen LogP contribution >= 0.6 is 0 Å². The number of primary amides is 1. The Kier molecular flexibility index (Phi) is 3.86. The van der Waals surface area contributed by atoms with Crippen LogP contribution in [-0.4, -0.2) is 16.4 Å². The van der Waals surface area contributed by atoms with E-state index in [1.54, 1.807) is 16.7 Å². The van der Waals surface area contributed by atoms with Crippen LogP contribution in [0, 0.1) is 0 Å². The number of benzene rings is 3. The van der Waals surface area contributed by atoms with Gasteiger partial charge in [0.05, 0.1) is 0 Å². The van der Waals surface area contributed by atoms with Gasteiger partial charge in [0, 0.05) is 22.2 Å². The van der Waals surface area contributed by atoms with Gasteiger partial charge in [-0.25, -0.2) is 0 Å². The predicted molar refractivity (Wildman–Crippen MR) is 103 cm³/mol. The molecule has 0 unspecified atom stereocenters. The molecule has 26 heavy (non-hydrogen) atoms. The Bertz CT molecular complexity index is 1060. The Morgan fingerprint density at radius 2 is 1.08 bits per heavy atom. The number of hydrogen-bond donors (Lipinski definition) is 1. The topological polar surface area (TPSA) is 65.1 Å². The summed E-state index contributed by atoms with van der Waals surface area (Å²) in [6, 6.07) is 22.3. The Morgan fingerprint density at radius 1 is 0.654 bits per heavy atom. The van der Waals surface area contributed by atoms with Crippen molar-refractivity contribution in [3.63, 3.8) is 0 Å². The van der Waals surface area contributed by atoms with Crippen LogP contribution in [0.25, 0.3) is 23.2 Å². The van der Waals surface area contributed by atoms with Crippen LogP contribution in [0.2, 0.25) is 0 Å². The predicted octanol–water partition coefficient (Wildman–Crippen LogP) is 4.04. The summed E-state index contributed by atoms with van der Waals surface area (Å²) in [6.07, 6.45) is 3.90. The number of fused-ring (bicyclic) bond motifs is 2. The first-order valence-electron chi connectivity index (χ1n) is 8.24. The largest absolute Gasteiger partial charge is 0.366 e. The van der Waals surface area contributed by atoms with E-state index in [0.29, 0.717) is 11.1 Å². The first-order valence-corrected chi connectivity index (χ1v) is 8.24. The molecule has 0 aliphatic heterocycles. The quantitative estimate of drug-likeness (QED) is 0.570. The molecule has 2 bridgehead atoms. The molecule has 4 aromatic rings. The van der Waals surface area contributed by atoms with E-state index in [1.807, 2.05) is 72.8 Å². The molecule has 2 aromatic heterocycles. The third-order valence-corrected chi connectivity index (χ3v) is 4.39. The summed E-state index contributed by atoms with van der Waals surface area (Å²) in [4.78, 5) is 23.7. The first kappa shape index (κ1) is 15.8. The second-order valence-electron chi connectivity index (χ2n) is 6.10. The molecule has 0 spiro atoms. The van der Waals surface area contributed by atoms with Gasteiger partial charge < -0.3 is 5.73 Å². The fourth-order valence-electron chi connectivity index (χ4n) is 2.95. The molecule has 2 aromatic carbocycles. The van der Waals surface area contributed by atoms with Crippen molar-refractivity contribution in [2.45, 2.75) is 0 Å². The van der Waals surface area contributed by atoms with Crippen LogP contribution in [0.3, 0.4) is 0 Å². The molecule has 4 nitrogen and oxygen atoms in total. The van der Waals surface area contributed by atoms with Gasteiger partial charge in [-0.3, -0.25) is 14.2 Å². The summed E-state index contributed by atoms with van der Waals surface area (Å²) in [6.45, 7) is 0. The molecule has 0 atom stereocenters. The highest BCUT2D eigenvalue weighted by Crippen LogP contribution is 2.19. The summed E-state index contributed by atoms with van der Waals surface area (Å²) in [5.41, 5.74) is 10.1. The van der Waals surface area contributed by atoms with E-state index in [1.165, 1.54) is 0 Å². The average Bonchev–Trinajstić information content (AvgIpc) is 3.27. The van der Waals surface area contributed by atoms with Gasteiger partial charge >= 0.3 is 0 Å². The van der Waals surface area contributed by atoms with Crippen molar-refractivity contribution in [2.24, 2.45) is 5.73 Å². The number of carbonyl (C=O) groups excluding carboxylic acids is 2. The maximum Gasteiger partial charge on any atom is 0.262 e. The Labute approximate surface area is 150 Å². The second kappa shape index (κ2) is 6.33. The van der Waals surface area contributed by atoms with Crippen molar-refractivity contribution in [2.75, 3.05) is 0 Å². The Balaban J connectivity index is 1.51. The molecule has 4 rings (SSSR count). The highest BCUT2D eigenvalue weighted by atomic mass is 16.2. The molecule has 0 saturated carbocycles. The summed E-state index contributed by atoms with van der Waals surface area (Å²) in [7, 11) is 0. The summed E-state index contributed by atoms with van der Waals surface area (Å²) >= 11 is 0. The van der Waals surface area contributed by atoms with Crippen LogP contribution < -0.4 is 5.73 Å². The molecule has 2 N–H and O–H groups in total. The minimum atomic E-state index is -0.436. The molecule has 0 aliphatic carbocycles. The minimum absolute atomic E-state index is 0.0254. The van der Waals surface area contributed by atoms with Crippen molar-refractivity contribution in [3.05, 3.63) is 95.1 Å². The molecule has 126 valence electrons. The van der Waals surface area contributed by atoms with Gasteiger partial charge in [0.15, 0.2) is 0 Å². The number of hydrogen-bond acceptors (Lipinski definition) is 2. The van der Waals surface area contributed by atoms with Gasteiger partial charge in [0.2, 0.25) is 5.91 Å². The first-order chi connectivity index (χ1) is 12.6. The van der Waals surface area contributed by atoms with E-state index < -0.39 is 5.91 Å². The van der Waals surface area contributed by atoms with Crippen LogP contribution in [0.5, 0.6) is 0 Å². The van der Waals surface area contributed by atoms with E-state index in [9.17, 15) is 9.59 Å². The standard InChI is InChI=1S/C22H16N2O2/c23-21(25)17-7-3-15(4-8-17)1-2-16-5-9-18(10-6-16)22(26)24-19-11-12-20(24)14-13-19/h1-14H,(H2,23,25)/b2-1+. The number of amides is 1. The molecule has 0 saturated heterocycles. The van der Waals surface area contributed by atoms with E-state index >= 15 is 0 Å². The molecular weight excluding hydrogens is 324 g/mol. The summed E-state index contributed by atoms with van der Waals surface area (Å²) in [5.74, 6) is -0.462. The van der Waals surface area contributed by atoms with Crippen molar-refractivity contribution < 1.29 is 9.59 Å². The van der Waals surface area contributed by atoms with Crippen LogP contribution in [0.15, 0.2) is 72.8 Å². The number of nitrogens with two attached hydrogens (primary N) is 1. The summed E-state index contributed by atoms with van der Waals surface area (Å²) < 4.78 is 1.71. The van der Waals surface area contributed by atoms with Crippen LogP contribution in [-0.2, 0) is 0 Å². The lowest BCUT2D eigenvalue weighted by Gasteiger charge is -2.04. The third kappa shape index (κ3) is 2.89. The number of aromatic nitrogens is 1. The van der Waals surface area contributed by atoms with Crippen LogP contribution in [0.4, 0.5) is 0 Å². The van der Waals surface area contributed by atoms with Gasteiger partial charge in [0.1, 0.15) is 0 Å². The highest BCUT2D eigenvalue weighted by molar-refractivity contribution is 6.03. The SMILES string of the molecule is NC(=O)c1ccc(/C=C/c2ccc(C(=O)n3c4ccc3cc4)cc2)cc1. The van der Waals surface area contributed by atoms with Crippen molar-refractivity contribution in [3.8, 4) is 0 Å². The van der Waals surface area contributed by atoms with E-state index in [0.717, 1.165) is 22.2 Å². The van der Waals surface area contributed by atoms with E-state index in [4.69, 9.17) is 5.73 Å². The molecule has 0 aliphatic rings. The Morgan fingerprint density at radius 3 is 1.50 bits per heavy atom. The van der Waals surface area contributed by atoms with Gasteiger partial charge in [-0.2, -0.15) is 0 Å². The number of carbonyl (C=O) groups is 2. The van der Waals surface area contributed by atoms with E-state index in [-0.39, 0.29) is 5.91 Å². The number of nitrogens with zero attached hydrogens (tertiary/aromatic N) is 1. The van der Waals surface area contributed by atoms with Crippen LogP contribution in [0.1, 0.15) is 31.8 Å². The number of rotatable bonds is 4.